The molecule has 0 aliphatic heterocycles. The molecule has 0 spiro atoms. The Morgan fingerprint density at radius 1 is 1.11 bits per heavy atom. The average Bonchev–Trinajstić information content (AvgIpc) is 2.80. The Balaban J connectivity index is 2.02. The molecule has 2 N–H and O–H groups in total. The minimum atomic E-state index is -4.23. The van der Waals surface area contributed by atoms with Crippen molar-refractivity contribution in [2.75, 3.05) is 0 Å². The van der Waals surface area contributed by atoms with E-state index in [4.69, 9.17) is 5.73 Å². The number of hydrogen-bond donors (Lipinski definition) is 1. The van der Waals surface area contributed by atoms with Gasteiger partial charge in [-0.15, -0.1) is 0 Å². The van der Waals surface area contributed by atoms with Gasteiger partial charge in [0.1, 0.15) is 0 Å². The fraction of sp³-hybridized carbons (Fsp3) is 0.538. The van der Waals surface area contributed by atoms with Crippen LogP contribution < -0.4 is 5.73 Å². The van der Waals surface area contributed by atoms with Crippen LogP contribution in [0.15, 0.2) is 29.2 Å². The maximum absolute atomic E-state index is 12.2. The molecule has 0 amide bonds. The number of halogens is 3. The number of nitrogens with two attached hydrogens (primary N) is 1. The van der Waals surface area contributed by atoms with Gasteiger partial charge in [0.05, 0.1) is 0 Å². The summed E-state index contributed by atoms with van der Waals surface area (Å²) in [6.45, 7) is 0. The Morgan fingerprint density at radius 2 is 1.67 bits per heavy atom. The molecule has 18 heavy (non-hydrogen) atoms. The highest BCUT2D eigenvalue weighted by molar-refractivity contribution is 8.00. The van der Waals surface area contributed by atoms with Crippen LogP contribution in [0.5, 0.6) is 0 Å². The summed E-state index contributed by atoms with van der Waals surface area (Å²) in [5, 5.41) is 0. The van der Waals surface area contributed by atoms with E-state index in [0.29, 0.717) is 5.92 Å². The van der Waals surface area contributed by atoms with Crippen LogP contribution in [0.2, 0.25) is 0 Å². The average molecular weight is 275 g/mol. The van der Waals surface area contributed by atoms with Crippen LogP contribution in [0, 0.1) is 5.92 Å². The van der Waals surface area contributed by atoms with Crippen molar-refractivity contribution in [2.24, 2.45) is 11.7 Å². The van der Waals surface area contributed by atoms with Crippen LogP contribution in [0.1, 0.15) is 37.3 Å². The number of alkyl halides is 3. The summed E-state index contributed by atoms with van der Waals surface area (Å²) in [4.78, 5) is 0.213. The molecule has 0 bridgehead atoms. The molecule has 1 saturated carbocycles. The van der Waals surface area contributed by atoms with Crippen LogP contribution in [-0.2, 0) is 0 Å². The molecule has 1 atom stereocenters. The highest BCUT2D eigenvalue weighted by Gasteiger charge is 2.29. The highest BCUT2D eigenvalue weighted by Crippen LogP contribution is 2.38. The Kier molecular flexibility index (Phi) is 4.22. The number of thioether (sulfide) groups is 1. The molecule has 1 aliphatic rings. The summed E-state index contributed by atoms with van der Waals surface area (Å²) >= 11 is -0.0874. The Morgan fingerprint density at radius 3 is 2.17 bits per heavy atom. The summed E-state index contributed by atoms with van der Waals surface area (Å²) in [6.07, 6.45) is 4.67. The van der Waals surface area contributed by atoms with E-state index in [1.54, 1.807) is 12.1 Å². The lowest BCUT2D eigenvalue weighted by Crippen LogP contribution is -2.18. The third-order valence-electron chi connectivity index (χ3n) is 3.41. The van der Waals surface area contributed by atoms with Gasteiger partial charge in [-0.2, -0.15) is 13.2 Å². The van der Waals surface area contributed by atoms with Gasteiger partial charge < -0.3 is 5.73 Å². The zero-order chi connectivity index (χ0) is 13.2. The van der Waals surface area contributed by atoms with Crippen LogP contribution in [0.25, 0.3) is 0 Å². The molecule has 0 unspecified atom stereocenters. The zero-order valence-corrected chi connectivity index (χ0v) is 10.7. The molecular weight excluding hydrogens is 259 g/mol. The maximum atomic E-state index is 12.2. The molecule has 5 heteroatoms. The summed E-state index contributed by atoms with van der Waals surface area (Å²) in [7, 11) is 0. The molecule has 0 saturated heterocycles. The van der Waals surface area contributed by atoms with E-state index in [2.05, 4.69) is 0 Å². The molecule has 1 aromatic carbocycles. The second kappa shape index (κ2) is 5.53. The smallest absolute Gasteiger partial charge is 0.324 e. The zero-order valence-electron chi connectivity index (χ0n) is 9.91. The minimum absolute atomic E-state index is 0.0440. The largest absolute Gasteiger partial charge is 0.446 e. The van der Waals surface area contributed by atoms with Gasteiger partial charge in [0.15, 0.2) is 0 Å². The lowest BCUT2D eigenvalue weighted by molar-refractivity contribution is -0.0328. The predicted molar refractivity (Wildman–Crippen MR) is 67.2 cm³/mol. The normalized spacial score (nSPS) is 19.1. The Bertz CT molecular complexity index is 382. The maximum Gasteiger partial charge on any atom is 0.446 e. The van der Waals surface area contributed by atoms with Gasteiger partial charge in [0, 0.05) is 10.9 Å². The van der Waals surface area contributed by atoms with Crippen LogP contribution in [0.4, 0.5) is 13.2 Å². The molecule has 0 radical (unpaired) electrons. The summed E-state index contributed by atoms with van der Waals surface area (Å²) in [5.41, 5.74) is 2.86. The first-order valence-corrected chi connectivity index (χ1v) is 6.88. The van der Waals surface area contributed by atoms with Gasteiger partial charge in [-0.1, -0.05) is 25.0 Å². The van der Waals surface area contributed by atoms with E-state index in [0.717, 1.165) is 18.4 Å². The molecule has 100 valence electrons. The minimum Gasteiger partial charge on any atom is -0.324 e. The van der Waals surface area contributed by atoms with Crippen molar-refractivity contribution in [3.8, 4) is 0 Å². The van der Waals surface area contributed by atoms with E-state index in [1.165, 1.54) is 25.0 Å². The van der Waals surface area contributed by atoms with Crippen molar-refractivity contribution in [3.05, 3.63) is 29.8 Å². The van der Waals surface area contributed by atoms with Gasteiger partial charge in [-0.05, 0) is 48.2 Å². The molecule has 1 aromatic rings. The van der Waals surface area contributed by atoms with Crippen molar-refractivity contribution in [1.82, 2.24) is 0 Å². The summed E-state index contributed by atoms with van der Waals surface area (Å²) < 4.78 is 36.6. The summed E-state index contributed by atoms with van der Waals surface area (Å²) in [5.74, 6) is 0.478. The fourth-order valence-electron chi connectivity index (χ4n) is 2.48. The standard InChI is InChI=1S/C13H16F3NS/c14-13(15,16)18-11-7-5-10(6-8-11)12(17)9-3-1-2-4-9/h5-9,12H,1-4,17H2/t12-/m0/s1. The first-order chi connectivity index (χ1) is 8.46. The molecule has 0 aromatic heterocycles. The van der Waals surface area contributed by atoms with Crippen molar-refractivity contribution in [1.29, 1.82) is 0 Å². The first-order valence-electron chi connectivity index (χ1n) is 6.07. The van der Waals surface area contributed by atoms with Crippen molar-refractivity contribution >= 4 is 11.8 Å². The van der Waals surface area contributed by atoms with Crippen LogP contribution in [-0.4, -0.2) is 5.51 Å². The third-order valence-corrected chi connectivity index (χ3v) is 4.15. The number of benzene rings is 1. The monoisotopic (exact) mass is 275 g/mol. The van der Waals surface area contributed by atoms with E-state index in [-0.39, 0.29) is 22.7 Å². The molecule has 1 aliphatic carbocycles. The van der Waals surface area contributed by atoms with Gasteiger partial charge in [0.2, 0.25) is 0 Å². The third kappa shape index (κ3) is 3.65. The highest BCUT2D eigenvalue weighted by atomic mass is 32.2. The fourth-order valence-corrected chi connectivity index (χ4v) is 3.02. The van der Waals surface area contributed by atoms with Crippen molar-refractivity contribution < 1.29 is 13.2 Å². The molecule has 1 nitrogen and oxygen atoms in total. The van der Waals surface area contributed by atoms with Crippen molar-refractivity contribution in [3.63, 3.8) is 0 Å². The quantitative estimate of drug-likeness (QED) is 0.823. The molecular formula is C13H16F3NS. The Hall–Kier alpha value is -0.680. The Labute approximate surface area is 109 Å². The SMILES string of the molecule is N[C@H](c1ccc(SC(F)(F)F)cc1)C1CCCC1. The first kappa shape index (κ1) is 13.7. The van der Waals surface area contributed by atoms with Gasteiger partial charge in [-0.25, -0.2) is 0 Å². The molecule has 0 heterocycles. The van der Waals surface area contributed by atoms with E-state index < -0.39 is 5.51 Å². The second-order valence-electron chi connectivity index (χ2n) is 4.69. The number of hydrogen-bond acceptors (Lipinski definition) is 2. The van der Waals surface area contributed by atoms with Gasteiger partial charge >= 0.3 is 5.51 Å². The predicted octanol–water partition coefficient (Wildman–Crippen LogP) is 4.49. The lowest BCUT2D eigenvalue weighted by Gasteiger charge is -2.19. The van der Waals surface area contributed by atoms with E-state index >= 15 is 0 Å². The lowest BCUT2D eigenvalue weighted by atomic mass is 9.93. The van der Waals surface area contributed by atoms with Gasteiger partial charge in [-0.3, -0.25) is 0 Å². The second-order valence-corrected chi connectivity index (χ2v) is 5.83. The van der Waals surface area contributed by atoms with Crippen LogP contribution >= 0.6 is 11.8 Å². The van der Waals surface area contributed by atoms with Crippen molar-refractivity contribution in [2.45, 2.75) is 42.1 Å². The molecule has 2 rings (SSSR count). The van der Waals surface area contributed by atoms with Gasteiger partial charge in [0.25, 0.3) is 0 Å². The summed E-state index contributed by atoms with van der Waals surface area (Å²) in [6, 6.07) is 6.40. The van der Waals surface area contributed by atoms with Crippen LogP contribution in [0.3, 0.4) is 0 Å². The topological polar surface area (TPSA) is 26.0 Å². The van der Waals surface area contributed by atoms with E-state index in [9.17, 15) is 13.2 Å². The number of rotatable bonds is 3. The van der Waals surface area contributed by atoms with E-state index in [1.807, 2.05) is 0 Å². The molecule has 1 fully saturated rings.